The Morgan fingerprint density at radius 2 is 1.69 bits per heavy atom. The Kier molecular flexibility index (Phi) is 7.84. The zero-order valence-corrected chi connectivity index (χ0v) is 21.6. The van der Waals surface area contributed by atoms with E-state index in [2.05, 4.69) is 47.7 Å². The van der Waals surface area contributed by atoms with E-state index in [-0.39, 0.29) is 12.5 Å². The molecule has 35 heavy (non-hydrogen) atoms. The van der Waals surface area contributed by atoms with Crippen molar-refractivity contribution in [1.29, 1.82) is 0 Å². The van der Waals surface area contributed by atoms with Gasteiger partial charge < -0.3 is 19.5 Å². The van der Waals surface area contributed by atoms with Crippen LogP contribution in [-0.2, 0) is 4.79 Å². The van der Waals surface area contributed by atoms with E-state index >= 15 is 0 Å². The number of amides is 2. The molecule has 8 nitrogen and oxygen atoms in total. The second kappa shape index (κ2) is 11.2. The van der Waals surface area contributed by atoms with Gasteiger partial charge >= 0.3 is 0 Å². The van der Waals surface area contributed by atoms with Gasteiger partial charge in [0.15, 0.2) is 11.5 Å². The molecule has 0 radical (unpaired) electrons. The van der Waals surface area contributed by atoms with Crippen molar-refractivity contribution in [1.82, 2.24) is 10.7 Å². The molecule has 1 aliphatic heterocycles. The van der Waals surface area contributed by atoms with Crippen LogP contribution >= 0.6 is 31.9 Å². The van der Waals surface area contributed by atoms with Crippen molar-refractivity contribution in [2.75, 3.05) is 13.9 Å². The second-order valence-corrected chi connectivity index (χ2v) is 8.92. The lowest BCUT2D eigenvalue weighted by molar-refractivity contribution is -0.117. The highest BCUT2D eigenvalue weighted by Crippen LogP contribution is 2.34. The Morgan fingerprint density at radius 3 is 2.40 bits per heavy atom. The largest absolute Gasteiger partial charge is 0.494 e. The Bertz CT molecular complexity index is 1300. The number of nitrogens with zero attached hydrogens (tertiary/aromatic N) is 1. The average Bonchev–Trinajstić information content (AvgIpc) is 3.32. The predicted octanol–water partition coefficient (Wildman–Crippen LogP) is 4.87. The first-order valence-electron chi connectivity index (χ1n) is 10.3. The zero-order chi connectivity index (χ0) is 24.8. The first-order chi connectivity index (χ1) is 16.9. The van der Waals surface area contributed by atoms with Crippen molar-refractivity contribution >= 4 is 56.0 Å². The summed E-state index contributed by atoms with van der Waals surface area (Å²) in [5.74, 6) is 0.780. The second-order valence-electron chi connectivity index (χ2n) is 7.21. The van der Waals surface area contributed by atoms with E-state index in [1.54, 1.807) is 67.8 Å². The van der Waals surface area contributed by atoms with Crippen LogP contribution in [0.1, 0.15) is 21.5 Å². The third kappa shape index (κ3) is 6.09. The van der Waals surface area contributed by atoms with Crippen molar-refractivity contribution in [3.8, 4) is 17.2 Å². The van der Waals surface area contributed by atoms with Gasteiger partial charge in [-0.15, -0.1) is 0 Å². The average molecular weight is 601 g/mol. The van der Waals surface area contributed by atoms with E-state index in [1.165, 1.54) is 12.3 Å². The molecule has 0 spiro atoms. The number of hydrazone groups is 1. The van der Waals surface area contributed by atoms with Crippen LogP contribution in [-0.4, -0.2) is 31.9 Å². The molecule has 0 atom stereocenters. The number of rotatable bonds is 7. The number of ether oxygens (including phenoxy) is 3. The van der Waals surface area contributed by atoms with Crippen LogP contribution in [0, 0.1) is 0 Å². The summed E-state index contributed by atoms with van der Waals surface area (Å²) in [6.45, 7) is 0.132. The van der Waals surface area contributed by atoms with E-state index in [4.69, 9.17) is 14.2 Å². The van der Waals surface area contributed by atoms with Gasteiger partial charge in [-0.05, 0) is 85.5 Å². The van der Waals surface area contributed by atoms with Crippen LogP contribution in [0.2, 0.25) is 0 Å². The standard InChI is InChI=1S/C25H19Br2N3O5/c1-33-23-18(26)9-16(10-19(23)27)13-28-30-25(32)20(29-24(31)17-5-3-2-4-6-17)11-15-7-8-21-22(12-15)35-14-34-21/h2-13H,14H2,1H3,(H,29,31)(H,30,32). The van der Waals surface area contributed by atoms with Crippen molar-refractivity contribution in [2.45, 2.75) is 0 Å². The van der Waals surface area contributed by atoms with Crippen molar-refractivity contribution in [2.24, 2.45) is 5.10 Å². The summed E-state index contributed by atoms with van der Waals surface area (Å²) in [5.41, 5.74) is 4.22. The van der Waals surface area contributed by atoms with Gasteiger partial charge in [-0.3, -0.25) is 9.59 Å². The van der Waals surface area contributed by atoms with Gasteiger partial charge in [0.1, 0.15) is 11.4 Å². The summed E-state index contributed by atoms with van der Waals surface area (Å²) < 4.78 is 17.5. The molecular weight excluding hydrogens is 582 g/mol. The molecule has 3 aromatic carbocycles. The molecule has 2 amide bonds. The Labute approximate surface area is 218 Å². The number of fused-ring (bicyclic) bond motifs is 1. The minimum absolute atomic E-state index is 0.00644. The third-order valence-corrected chi connectivity index (χ3v) is 6.02. The van der Waals surface area contributed by atoms with Crippen LogP contribution in [0.4, 0.5) is 0 Å². The minimum atomic E-state index is -0.602. The highest BCUT2D eigenvalue weighted by Gasteiger charge is 2.17. The van der Waals surface area contributed by atoms with Crippen molar-refractivity contribution in [3.63, 3.8) is 0 Å². The first-order valence-corrected chi connectivity index (χ1v) is 11.9. The van der Waals surface area contributed by atoms with Crippen LogP contribution in [0.15, 0.2) is 80.4 Å². The van der Waals surface area contributed by atoms with Crippen LogP contribution in [0.25, 0.3) is 6.08 Å². The molecule has 0 saturated heterocycles. The Balaban J connectivity index is 1.56. The Hall–Kier alpha value is -3.63. The fraction of sp³-hybridized carbons (Fsp3) is 0.0800. The highest BCUT2D eigenvalue weighted by atomic mass is 79.9. The van der Waals surface area contributed by atoms with Crippen molar-refractivity contribution < 1.29 is 23.8 Å². The smallest absolute Gasteiger partial charge is 0.287 e. The number of nitrogens with one attached hydrogen (secondary N) is 2. The predicted molar refractivity (Wildman–Crippen MR) is 139 cm³/mol. The third-order valence-electron chi connectivity index (χ3n) is 4.84. The topological polar surface area (TPSA) is 98.2 Å². The van der Waals surface area contributed by atoms with Crippen LogP contribution in [0.3, 0.4) is 0 Å². The molecule has 1 heterocycles. The number of carbonyl (C=O) groups is 2. The van der Waals surface area contributed by atoms with E-state index in [0.717, 1.165) is 8.95 Å². The number of hydrogen-bond acceptors (Lipinski definition) is 6. The van der Waals surface area contributed by atoms with E-state index in [0.29, 0.717) is 33.9 Å². The summed E-state index contributed by atoms with van der Waals surface area (Å²) in [6.07, 6.45) is 3.01. The summed E-state index contributed by atoms with van der Waals surface area (Å²) in [4.78, 5) is 25.7. The molecule has 10 heteroatoms. The van der Waals surface area contributed by atoms with Gasteiger partial charge in [0, 0.05) is 5.56 Å². The Morgan fingerprint density at radius 1 is 0.971 bits per heavy atom. The number of halogens is 2. The normalized spacial score (nSPS) is 12.5. The van der Waals surface area contributed by atoms with Gasteiger partial charge in [0.25, 0.3) is 11.8 Å². The molecule has 1 aliphatic rings. The fourth-order valence-corrected chi connectivity index (χ4v) is 4.73. The maximum absolute atomic E-state index is 13.0. The number of carbonyl (C=O) groups excluding carboxylic acids is 2. The molecule has 0 unspecified atom stereocenters. The van der Waals surface area contributed by atoms with Gasteiger partial charge in [0.2, 0.25) is 6.79 Å². The van der Waals surface area contributed by atoms with Gasteiger partial charge in [0.05, 0.1) is 22.3 Å². The number of methoxy groups -OCH3 is 1. The summed E-state index contributed by atoms with van der Waals surface area (Å²) >= 11 is 6.86. The molecule has 0 bridgehead atoms. The highest BCUT2D eigenvalue weighted by molar-refractivity contribution is 9.11. The number of benzene rings is 3. The summed E-state index contributed by atoms with van der Waals surface area (Å²) in [6, 6.07) is 17.4. The maximum atomic E-state index is 13.0. The molecule has 0 aliphatic carbocycles. The lowest BCUT2D eigenvalue weighted by atomic mass is 10.1. The van der Waals surface area contributed by atoms with Crippen LogP contribution < -0.4 is 25.0 Å². The monoisotopic (exact) mass is 599 g/mol. The van der Waals surface area contributed by atoms with Gasteiger partial charge in [-0.2, -0.15) is 5.10 Å². The SMILES string of the molecule is COc1c(Br)cc(C=NNC(=O)C(=Cc2ccc3c(c2)OCO3)NC(=O)c2ccccc2)cc1Br. The van der Waals surface area contributed by atoms with E-state index < -0.39 is 11.8 Å². The number of hydrogen-bond donors (Lipinski definition) is 2. The lowest BCUT2D eigenvalue weighted by Gasteiger charge is -2.10. The summed E-state index contributed by atoms with van der Waals surface area (Å²) in [5, 5.41) is 6.70. The molecule has 3 aromatic rings. The van der Waals surface area contributed by atoms with Gasteiger partial charge in [-0.1, -0.05) is 24.3 Å². The molecule has 178 valence electrons. The van der Waals surface area contributed by atoms with Crippen molar-refractivity contribution in [3.05, 3.63) is 92.0 Å². The minimum Gasteiger partial charge on any atom is -0.494 e. The molecule has 2 N–H and O–H groups in total. The first kappa shape index (κ1) is 24.5. The molecule has 0 aromatic heterocycles. The quantitative estimate of drug-likeness (QED) is 0.229. The van der Waals surface area contributed by atoms with E-state index in [9.17, 15) is 9.59 Å². The van der Waals surface area contributed by atoms with Gasteiger partial charge in [-0.25, -0.2) is 5.43 Å². The zero-order valence-electron chi connectivity index (χ0n) is 18.4. The molecule has 4 rings (SSSR count). The molecular formula is C25H19Br2N3O5. The molecule has 0 saturated carbocycles. The summed E-state index contributed by atoms with van der Waals surface area (Å²) in [7, 11) is 1.57. The van der Waals surface area contributed by atoms with E-state index in [1.807, 2.05) is 0 Å². The lowest BCUT2D eigenvalue weighted by Crippen LogP contribution is -2.32. The van der Waals surface area contributed by atoms with Crippen LogP contribution in [0.5, 0.6) is 17.2 Å². The maximum Gasteiger partial charge on any atom is 0.287 e. The molecule has 0 fully saturated rings. The fourth-order valence-electron chi connectivity index (χ4n) is 3.19.